The first kappa shape index (κ1) is 17.2. The SMILES string of the molecule is Cc1ccc(C(O)C(N)CCN(C)C)cc1C(C)(C)C. The lowest BCUT2D eigenvalue weighted by Gasteiger charge is -2.26. The van der Waals surface area contributed by atoms with Gasteiger partial charge in [0.05, 0.1) is 6.10 Å². The number of benzene rings is 1. The first-order valence-electron chi connectivity index (χ1n) is 7.32. The second-order valence-corrected chi connectivity index (χ2v) is 7.03. The minimum atomic E-state index is -0.600. The summed E-state index contributed by atoms with van der Waals surface area (Å²) < 4.78 is 0. The Morgan fingerprint density at radius 2 is 1.85 bits per heavy atom. The Kier molecular flexibility index (Phi) is 5.75. The van der Waals surface area contributed by atoms with Crippen molar-refractivity contribution in [3.63, 3.8) is 0 Å². The molecule has 2 unspecified atom stereocenters. The highest BCUT2D eigenvalue weighted by molar-refractivity contribution is 5.37. The third-order valence-corrected chi connectivity index (χ3v) is 3.73. The predicted molar refractivity (Wildman–Crippen MR) is 86.0 cm³/mol. The Morgan fingerprint density at radius 1 is 1.25 bits per heavy atom. The van der Waals surface area contributed by atoms with E-state index in [0.717, 1.165) is 18.5 Å². The van der Waals surface area contributed by atoms with Crippen molar-refractivity contribution in [2.45, 2.75) is 51.7 Å². The largest absolute Gasteiger partial charge is 0.387 e. The van der Waals surface area contributed by atoms with E-state index < -0.39 is 6.10 Å². The van der Waals surface area contributed by atoms with Crippen molar-refractivity contribution in [3.8, 4) is 0 Å². The zero-order chi connectivity index (χ0) is 15.5. The van der Waals surface area contributed by atoms with Crippen molar-refractivity contribution in [1.82, 2.24) is 4.90 Å². The van der Waals surface area contributed by atoms with Gasteiger partial charge in [0.1, 0.15) is 0 Å². The van der Waals surface area contributed by atoms with Crippen LogP contribution in [0.2, 0.25) is 0 Å². The minimum Gasteiger partial charge on any atom is -0.387 e. The molecule has 0 saturated carbocycles. The van der Waals surface area contributed by atoms with Crippen molar-refractivity contribution in [2.75, 3.05) is 20.6 Å². The van der Waals surface area contributed by atoms with Crippen molar-refractivity contribution in [2.24, 2.45) is 5.73 Å². The second kappa shape index (κ2) is 6.70. The van der Waals surface area contributed by atoms with Gasteiger partial charge in [-0.05, 0) is 56.1 Å². The van der Waals surface area contributed by atoms with Crippen LogP contribution >= 0.6 is 0 Å². The molecule has 20 heavy (non-hydrogen) atoms. The van der Waals surface area contributed by atoms with Crippen molar-refractivity contribution >= 4 is 0 Å². The molecule has 3 heteroatoms. The van der Waals surface area contributed by atoms with E-state index in [1.807, 2.05) is 20.2 Å². The number of rotatable bonds is 5. The molecule has 0 amide bonds. The van der Waals surface area contributed by atoms with Crippen LogP contribution in [0.1, 0.15) is 50.0 Å². The Hall–Kier alpha value is -0.900. The fourth-order valence-electron chi connectivity index (χ4n) is 2.44. The van der Waals surface area contributed by atoms with E-state index in [1.165, 1.54) is 11.1 Å². The normalized spacial score (nSPS) is 15.4. The summed E-state index contributed by atoms with van der Waals surface area (Å²) in [6.07, 6.45) is 0.184. The van der Waals surface area contributed by atoms with E-state index >= 15 is 0 Å². The van der Waals surface area contributed by atoms with Crippen LogP contribution in [-0.4, -0.2) is 36.7 Å². The van der Waals surface area contributed by atoms with E-state index in [9.17, 15) is 5.11 Å². The van der Waals surface area contributed by atoms with Crippen molar-refractivity contribution in [1.29, 1.82) is 0 Å². The lowest BCUT2D eigenvalue weighted by Crippen LogP contribution is -2.32. The number of aliphatic hydroxyl groups is 1. The average molecular weight is 278 g/mol. The highest BCUT2D eigenvalue weighted by Crippen LogP contribution is 2.29. The van der Waals surface area contributed by atoms with E-state index in [2.05, 4.69) is 44.7 Å². The number of aliphatic hydroxyl groups excluding tert-OH is 1. The van der Waals surface area contributed by atoms with Gasteiger partial charge >= 0.3 is 0 Å². The summed E-state index contributed by atoms with van der Waals surface area (Å²) in [4.78, 5) is 2.09. The third kappa shape index (κ3) is 4.58. The van der Waals surface area contributed by atoms with E-state index in [-0.39, 0.29) is 11.5 Å². The summed E-state index contributed by atoms with van der Waals surface area (Å²) >= 11 is 0. The van der Waals surface area contributed by atoms with Crippen LogP contribution < -0.4 is 5.73 Å². The predicted octanol–water partition coefficient (Wildman–Crippen LogP) is 2.60. The van der Waals surface area contributed by atoms with Gasteiger partial charge in [0.15, 0.2) is 0 Å². The van der Waals surface area contributed by atoms with E-state index in [0.29, 0.717) is 0 Å². The Bertz CT molecular complexity index is 435. The van der Waals surface area contributed by atoms with Crippen LogP contribution in [0, 0.1) is 6.92 Å². The first-order chi connectivity index (χ1) is 9.12. The fourth-order valence-corrected chi connectivity index (χ4v) is 2.44. The molecule has 0 heterocycles. The monoisotopic (exact) mass is 278 g/mol. The lowest BCUT2D eigenvalue weighted by molar-refractivity contribution is 0.137. The summed E-state index contributed by atoms with van der Waals surface area (Å²) in [6.45, 7) is 9.57. The van der Waals surface area contributed by atoms with Gasteiger partial charge in [0.25, 0.3) is 0 Å². The Balaban J connectivity index is 2.91. The summed E-state index contributed by atoms with van der Waals surface area (Å²) in [5.74, 6) is 0. The van der Waals surface area contributed by atoms with E-state index in [4.69, 9.17) is 5.73 Å². The molecular formula is C17H30N2O. The van der Waals surface area contributed by atoms with Crippen LogP contribution in [0.5, 0.6) is 0 Å². The standard InChI is InChI=1S/C17H30N2O/c1-12-7-8-13(11-14(12)17(2,3)4)16(20)15(18)9-10-19(5)6/h7-8,11,15-16,20H,9-10,18H2,1-6H3. The number of hydrogen-bond acceptors (Lipinski definition) is 3. The molecular weight excluding hydrogens is 248 g/mol. The number of hydrogen-bond donors (Lipinski definition) is 2. The molecule has 0 spiro atoms. The molecule has 0 fully saturated rings. The third-order valence-electron chi connectivity index (χ3n) is 3.73. The zero-order valence-corrected chi connectivity index (χ0v) is 13.8. The summed E-state index contributed by atoms with van der Waals surface area (Å²) in [7, 11) is 4.03. The van der Waals surface area contributed by atoms with Crippen molar-refractivity contribution in [3.05, 3.63) is 34.9 Å². The van der Waals surface area contributed by atoms with Gasteiger partial charge < -0.3 is 15.7 Å². The molecule has 3 N–H and O–H groups in total. The maximum atomic E-state index is 10.4. The maximum Gasteiger partial charge on any atom is 0.0941 e. The molecule has 2 atom stereocenters. The van der Waals surface area contributed by atoms with Gasteiger partial charge in [-0.3, -0.25) is 0 Å². The van der Waals surface area contributed by atoms with Gasteiger partial charge in [-0.1, -0.05) is 39.0 Å². The molecule has 3 nitrogen and oxygen atoms in total. The van der Waals surface area contributed by atoms with Crippen LogP contribution in [0.25, 0.3) is 0 Å². The molecule has 1 rings (SSSR count). The molecule has 0 aromatic heterocycles. The number of aryl methyl sites for hydroxylation is 1. The van der Waals surface area contributed by atoms with Gasteiger partial charge in [-0.15, -0.1) is 0 Å². The van der Waals surface area contributed by atoms with Crippen LogP contribution in [0.15, 0.2) is 18.2 Å². The molecule has 0 radical (unpaired) electrons. The van der Waals surface area contributed by atoms with Gasteiger partial charge in [-0.25, -0.2) is 0 Å². The average Bonchev–Trinajstić information content (AvgIpc) is 2.34. The topological polar surface area (TPSA) is 49.5 Å². The molecule has 0 aliphatic carbocycles. The van der Waals surface area contributed by atoms with Crippen LogP contribution in [-0.2, 0) is 5.41 Å². The first-order valence-corrected chi connectivity index (χ1v) is 7.32. The van der Waals surface area contributed by atoms with E-state index in [1.54, 1.807) is 0 Å². The molecule has 1 aromatic carbocycles. The van der Waals surface area contributed by atoms with Gasteiger partial charge in [0, 0.05) is 6.04 Å². The number of nitrogens with zero attached hydrogens (tertiary/aromatic N) is 1. The summed E-state index contributed by atoms with van der Waals surface area (Å²) in [5.41, 5.74) is 9.65. The lowest BCUT2D eigenvalue weighted by atomic mass is 9.82. The van der Waals surface area contributed by atoms with Gasteiger partial charge in [0.2, 0.25) is 0 Å². The Labute approximate surface area is 123 Å². The summed E-state index contributed by atoms with van der Waals surface area (Å²) in [5, 5.41) is 10.4. The zero-order valence-electron chi connectivity index (χ0n) is 13.8. The fraction of sp³-hybridized carbons (Fsp3) is 0.647. The second-order valence-electron chi connectivity index (χ2n) is 7.03. The van der Waals surface area contributed by atoms with Crippen LogP contribution in [0.3, 0.4) is 0 Å². The smallest absolute Gasteiger partial charge is 0.0941 e. The quantitative estimate of drug-likeness (QED) is 0.870. The van der Waals surface area contributed by atoms with Gasteiger partial charge in [-0.2, -0.15) is 0 Å². The van der Waals surface area contributed by atoms with Crippen molar-refractivity contribution < 1.29 is 5.11 Å². The highest BCUT2D eigenvalue weighted by Gasteiger charge is 2.21. The molecule has 114 valence electrons. The molecule has 0 aliphatic heterocycles. The molecule has 0 bridgehead atoms. The maximum absolute atomic E-state index is 10.4. The Morgan fingerprint density at radius 3 is 2.35 bits per heavy atom. The summed E-state index contributed by atoms with van der Waals surface area (Å²) in [6, 6.07) is 5.95. The molecule has 0 aliphatic rings. The molecule has 0 saturated heterocycles. The molecule has 1 aromatic rings. The minimum absolute atomic E-state index is 0.0769. The van der Waals surface area contributed by atoms with Crippen LogP contribution in [0.4, 0.5) is 0 Å². The number of nitrogens with two attached hydrogens (primary N) is 1. The highest BCUT2D eigenvalue weighted by atomic mass is 16.3.